The van der Waals surface area contributed by atoms with E-state index in [1.54, 1.807) is 6.07 Å². The zero-order valence-electron chi connectivity index (χ0n) is 8.71. The summed E-state index contributed by atoms with van der Waals surface area (Å²) in [5.74, 6) is -1.13. The highest BCUT2D eigenvalue weighted by molar-refractivity contribution is 5.91. The highest BCUT2D eigenvalue weighted by Crippen LogP contribution is 2.32. The van der Waals surface area contributed by atoms with Crippen molar-refractivity contribution >= 4 is 5.97 Å². The van der Waals surface area contributed by atoms with Crippen molar-refractivity contribution in [2.45, 2.75) is 13.1 Å². The van der Waals surface area contributed by atoms with Crippen molar-refractivity contribution in [1.82, 2.24) is 4.98 Å². The molecule has 0 aliphatic carbocycles. The highest BCUT2D eigenvalue weighted by atomic mass is 19.4. The summed E-state index contributed by atoms with van der Waals surface area (Å²) in [6.45, 7) is 1.41. The van der Waals surface area contributed by atoms with Gasteiger partial charge in [-0.25, -0.2) is 9.78 Å². The van der Waals surface area contributed by atoms with E-state index in [0.717, 1.165) is 6.07 Å². The summed E-state index contributed by atoms with van der Waals surface area (Å²) in [6.07, 6.45) is -4.27. The molecule has 0 radical (unpaired) electrons. The van der Waals surface area contributed by atoms with E-state index in [-0.39, 0.29) is 12.3 Å². The molecule has 0 spiro atoms. The molecule has 0 saturated heterocycles. The van der Waals surface area contributed by atoms with Gasteiger partial charge in [0.05, 0.1) is 17.7 Å². The van der Waals surface area contributed by atoms with E-state index in [1.807, 2.05) is 0 Å². The predicted molar refractivity (Wildman–Crippen MR) is 49.9 cm³/mol. The SMILES string of the molecule is CCOC(=O)c1cc(C#N)ncc1C(F)(F)F. The van der Waals surface area contributed by atoms with Crippen molar-refractivity contribution < 1.29 is 22.7 Å². The summed E-state index contributed by atoms with van der Waals surface area (Å²) < 4.78 is 42.1. The minimum atomic E-state index is -4.72. The molecule has 0 bridgehead atoms. The van der Waals surface area contributed by atoms with Crippen LogP contribution in [0.3, 0.4) is 0 Å². The molecule has 0 N–H and O–H groups in total. The predicted octanol–water partition coefficient (Wildman–Crippen LogP) is 2.15. The van der Waals surface area contributed by atoms with E-state index in [9.17, 15) is 18.0 Å². The molecule has 17 heavy (non-hydrogen) atoms. The topological polar surface area (TPSA) is 63.0 Å². The molecule has 4 nitrogen and oxygen atoms in total. The van der Waals surface area contributed by atoms with Gasteiger partial charge in [0.1, 0.15) is 11.8 Å². The molecule has 0 aliphatic heterocycles. The van der Waals surface area contributed by atoms with Gasteiger partial charge in [-0.1, -0.05) is 0 Å². The second kappa shape index (κ2) is 4.82. The van der Waals surface area contributed by atoms with Crippen LogP contribution in [0.4, 0.5) is 13.2 Å². The first-order chi connectivity index (χ1) is 7.90. The Morgan fingerprint density at radius 2 is 2.24 bits per heavy atom. The average molecular weight is 244 g/mol. The zero-order chi connectivity index (χ0) is 13.1. The van der Waals surface area contributed by atoms with Crippen LogP contribution >= 0.6 is 0 Å². The number of rotatable bonds is 2. The third-order valence-electron chi connectivity index (χ3n) is 1.82. The van der Waals surface area contributed by atoms with Crippen LogP contribution in [0.1, 0.15) is 28.5 Å². The van der Waals surface area contributed by atoms with Crippen molar-refractivity contribution in [3.05, 3.63) is 29.1 Å². The average Bonchev–Trinajstić information content (AvgIpc) is 2.27. The maximum absolute atomic E-state index is 12.6. The molecule has 1 heterocycles. The molecule has 0 fully saturated rings. The summed E-state index contributed by atoms with van der Waals surface area (Å²) in [6, 6.07) is 2.32. The smallest absolute Gasteiger partial charge is 0.418 e. The number of esters is 1. The summed E-state index contributed by atoms with van der Waals surface area (Å²) in [5, 5.41) is 8.52. The van der Waals surface area contributed by atoms with Crippen LogP contribution < -0.4 is 0 Å². The standard InChI is InChI=1S/C10H7F3N2O2/c1-2-17-9(16)7-3-6(4-14)15-5-8(7)10(11,12)13/h3,5H,2H2,1H3. The number of carbonyl (C=O) groups is 1. The molecule has 0 aromatic carbocycles. The molecule has 7 heteroatoms. The third kappa shape index (κ3) is 2.93. The molecule has 0 unspecified atom stereocenters. The number of alkyl halides is 3. The van der Waals surface area contributed by atoms with Crippen molar-refractivity contribution in [3.63, 3.8) is 0 Å². The summed E-state index contributed by atoms with van der Waals surface area (Å²) in [7, 11) is 0. The lowest BCUT2D eigenvalue weighted by Gasteiger charge is -2.11. The largest absolute Gasteiger partial charge is 0.462 e. The molecule has 90 valence electrons. The van der Waals surface area contributed by atoms with Crippen LogP contribution in [0.5, 0.6) is 0 Å². The molecule has 1 aromatic heterocycles. The molecule has 1 aromatic rings. The maximum Gasteiger partial charge on any atom is 0.418 e. The number of carbonyl (C=O) groups excluding carboxylic acids is 1. The molecule has 0 aliphatic rings. The van der Waals surface area contributed by atoms with Gasteiger partial charge in [0.25, 0.3) is 0 Å². The molecular weight excluding hydrogens is 237 g/mol. The van der Waals surface area contributed by atoms with Gasteiger partial charge in [0, 0.05) is 6.20 Å². The summed E-state index contributed by atoms with van der Waals surface area (Å²) >= 11 is 0. The number of ether oxygens (including phenoxy) is 1. The number of pyridine rings is 1. The number of aromatic nitrogens is 1. The normalized spacial score (nSPS) is 10.8. The number of halogens is 3. The van der Waals surface area contributed by atoms with E-state index in [1.165, 1.54) is 6.92 Å². The third-order valence-corrected chi connectivity index (χ3v) is 1.82. The van der Waals surface area contributed by atoms with Gasteiger partial charge in [0.15, 0.2) is 0 Å². The van der Waals surface area contributed by atoms with E-state index >= 15 is 0 Å². The highest BCUT2D eigenvalue weighted by Gasteiger charge is 2.36. The fourth-order valence-corrected chi connectivity index (χ4v) is 1.12. The van der Waals surface area contributed by atoms with Crippen molar-refractivity contribution in [2.75, 3.05) is 6.61 Å². The lowest BCUT2D eigenvalue weighted by molar-refractivity contribution is -0.138. The Hall–Kier alpha value is -2.10. The van der Waals surface area contributed by atoms with Gasteiger partial charge in [0.2, 0.25) is 0 Å². The van der Waals surface area contributed by atoms with Crippen LogP contribution in [-0.4, -0.2) is 17.6 Å². The Kier molecular flexibility index (Phi) is 3.68. The number of hydrogen-bond donors (Lipinski definition) is 0. The summed E-state index contributed by atoms with van der Waals surface area (Å²) in [5.41, 5.74) is -2.19. The zero-order valence-corrected chi connectivity index (χ0v) is 8.71. The van der Waals surface area contributed by atoms with Gasteiger partial charge < -0.3 is 4.74 Å². The Morgan fingerprint density at radius 3 is 2.71 bits per heavy atom. The van der Waals surface area contributed by atoms with Gasteiger partial charge in [-0.2, -0.15) is 18.4 Å². The fraction of sp³-hybridized carbons (Fsp3) is 0.300. The van der Waals surface area contributed by atoms with E-state index in [0.29, 0.717) is 6.20 Å². The van der Waals surface area contributed by atoms with Crippen LogP contribution in [0.15, 0.2) is 12.3 Å². The fourth-order valence-electron chi connectivity index (χ4n) is 1.12. The van der Waals surface area contributed by atoms with Gasteiger partial charge in [-0.05, 0) is 13.0 Å². The Labute approximate surface area is 94.6 Å². The van der Waals surface area contributed by atoms with Gasteiger partial charge in [-0.15, -0.1) is 0 Å². The van der Waals surface area contributed by atoms with Crippen molar-refractivity contribution in [3.8, 4) is 6.07 Å². The monoisotopic (exact) mass is 244 g/mol. The Balaban J connectivity index is 3.32. The Bertz CT molecular complexity index is 477. The van der Waals surface area contributed by atoms with E-state index in [4.69, 9.17) is 5.26 Å². The first-order valence-corrected chi connectivity index (χ1v) is 4.54. The van der Waals surface area contributed by atoms with E-state index < -0.39 is 23.3 Å². The van der Waals surface area contributed by atoms with Crippen LogP contribution in [0, 0.1) is 11.3 Å². The first-order valence-electron chi connectivity index (χ1n) is 4.54. The molecule has 0 amide bonds. The van der Waals surface area contributed by atoms with E-state index in [2.05, 4.69) is 9.72 Å². The number of nitrogens with zero attached hydrogens (tertiary/aromatic N) is 2. The lowest BCUT2D eigenvalue weighted by Crippen LogP contribution is -2.16. The minimum absolute atomic E-state index is 0.0552. The van der Waals surface area contributed by atoms with Gasteiger partial charge >= 0.3 is 12.1 Å². The lowest BCUT2D eigenvalue weighted by atomic mass is 10.1. The van der Waals surface area contributed by atoms with Gasteiger partial charge in [-0.3, -0.25) is 0 Å². The molecule has 0 saturated carbocycles. The molecular formula is C10H7F3N2O2. The van der Waals surface area contributed by atoms with Crippen molar-refractivity contribution in [2.24, 2.45) is 0 Å². The Morgan fingerprint density at radius 1 is 1.59 bits per heavy atom. The van der Waals surface area contributed by atoms with Crippen LogP contribution in [0.25, 0.3) is 0 Å². The number of nitriles is 1. The van der Waals surface area contributed by atoms with Crippen LogP contribution in [-0.2, 0) is 10.9 Å². The molecule has 0 atom stereocenters. The first kappa shape index (κ1) is 13.0. The molecule has 1 rings (SSSR count). The second-order valence-electron chi connectivity index (χ2n) is 2.95. The van der Waals surface area contributed by atoms with Crippen LogP contribution in [0.2, 0.25) is 0 Å². The van der Waals surface area contributed by atoms with Crippen molar-refractivity contribution in [1.29, 1.82) is 5.26 Å². The maximum atomic E-state index is 12.6. The number of hydrogen-bond acceptors (Lipinski definition) is 4. The summed E-state index contributed by atoms with van der Waals surface area (Å²) in [4.78, 5) is 14.6. The quantitative estimate of drug-likeness (QED) is 0.748. The second-order valence-corrected chi connectivity index (χ2v) is 2.95. The minimum Gasteiger partial charge on any atom is -0.462 e.